The number of aromatic carboxylic acids is 1. The van der Waals surface area contributed by atoms with Crippen LogP contribution in [0.3, 0.4) is 0 Å². The summed E-state index contributed by atoms with van der Waals surface area (Å²) in [5.41, 5.74) is 0.862. The molecular formula is C22H19IN2O6S. The van der Waals surface area contributed by atoms with Crippen molar-refractivity contribution in [3.8, 4) is 11.5 Å². The maximum absolute atomic E-state index is 13.2. The largest absolute Gasteiger partial charge is 0.490 e. The second-order valence-electron chi connectivity index (χ2n) is 6.51. The summed E-state index contributed by atoms with van der Waals surface area (Å²) in [7, 11) is 0. The standard InChI is InChI=1S/C22H19IN2O6S/c1-3-30-17-11-12(10-16(23)18(17)31-4-2)9-15-19(26)24-22(32)25(20(15)27)14-7-5-13(6-8-14)21(28)29/h5-11H,3-4H2,1-2H3,(H,28,29)(H,24,26,32)/b15-9+. The van der Waals surface area contributed by atoms with Crippen molar-refractivity contribution < 1.29 is 29.0 Å². The molecular weight excluding hydrogens is 547 g/mol. The van der Waals surface area contributed by atoms with Crippen LogP contribution in [0, 0.1) is 3.57 Å². The second-order valence-corrected chi connectivity index (χ2v) is 8.05. The van der Waals surface area contributed by atoms with E-state index in [-0.39, 0.29) is 16.2 Å². The van der Waals surface area contributed by atoms with E-state index < -0.39 is 17.8 Å². The van der Waals surface area contributed by atoms with E-state index in [1.807, 2.05) is 13.8 Å². The number of nitrogens with one attached hydrogen (secondary N) is 1. The van der Waals surface area contributed by atoms with Crippen LogP contribution in [-0.2, 0) is 9.59 Å². The summed E-state index contributed by atoms with van der Waals surface area (Å²) in [6.45, 7) is 4.60. The SMILES string of the molecule is CCOc1cc(/C=C2\C(=O)NC(=S)N(c3ccc(C(=O)O)cc3)C2=O)cc(I)c1OCC. The Balaban J connectivity index is 2.01. The number of nitrogens with zero attached hydrogens (tertiary/aromatic N) is 1. The fourth-order valence-electron chi connectivity index (χ4n) is 3.03. The number of carboxylic acids is 1. The van der Waals surface area contributed by atoms with E-state index in [0.29, 0.717) is 36.0 Å². The number of amides is 2. The third-order valence-electron chi connectivity index (χ3n) is 4.41. The Morgan fingerprint density at radius 2 is 1.81 bits per heavy atom. The van der Waals surface area contributed by atoms with Crippen molar-refractivity contribution in [2.45, 2.75) is 13.8 Å². The number of thiocarbonyl (C=S) groups is 1. The van der Waals surface area contributed by atoms with Gasteiger partial charge in [-0.3, -0.25) is 19.8 Å². The van der Waals surface area contributed by atoms with Gasteiger partial charge in [-0.25, -0.2) is 4.79 Å². The first-order chi connectivity index (χ1) is 15.3. The molecule has 0 spiro atoms. The van der Waals surface area contributed by atoms with Gasteiger partial charge in [0.1, 0.15) is 5.57 Å². The highest BCUT2D eigenvalue weighted by Crippen LogP contribution is 2.35. The molecule has 2 N–H and O–H groups in total. The second kappa shape index (κ2) is 10.1. The van der Waals surface area contributed by atoms with Crippen LogP contribution in [0.1, 0.15) is 29.8 Å². The first kappa shape index (κ1) is 23.7. The minimum atomic E-state index is -1.09. The maximum atomic E-state index is 13.2. The predicted molar refractivity (Wildman–Crippen MR) is 131 cm³/mol. The van der Waals surface area contributed by atoms with Gasteiger partial charge in [0, 0.05) is 0 Å². The molecule has 3 rings (SSSR count). The van der Waals surface area contributed by atoms with Gasteiger partial charge in [0.25, 0.3) is 11.8 Å². The van der Waals surface area contributed by atoms with Crippen LogP contribution in [-0.4, -0.2) is 41.2 Å². The van der Waals surface area contributed by atoms with Crippen LogP contribution < -0.4 is 19.7 Å². The molecule has 2 aromatic carbocycles. The Morgan fingerprint density at radius 3 is 2.41 bits per heavy atom. The molecule has 166 valence electrons. The monoisotopic (exact) mass is 566 g/mol. The Hall–Kier alpha value is -2.99. The lowest BCUT2D eigenvalue weighted by Crippen LogP contribution is -2.54. The summed E-state index contributed by atoms with van der Waals surface area (Å²) in [5, 5.41) is 11.5. The van der Waals surface area contributed by atoms with Crippen molar-refractivity contribution in [3.63, 3.8) is 0 Å². The van der Waals surface area contributed by atoms with Crippen molar-refractivity contribution in [1.29, 1.82) is 0 Å². The molecule has 10 heteroatoms. The lowest BCUT2D eigenvalue weighted by atomic mass is 10.1. The molecule has 2 amide bonds. The highest BCUT2D eigenvalue weighted by Gasteiger charge is 2.34. The summed E-state index contributed by atoms with van der Waals surface area (Å²) in [6.07, 6.45) is 1.46. The van der Waals surface area contributed by atoms with E-state index in [9.17, 15) is 14.4 Å². The minimum Gasteiger partial charge on any atom is -0.490 e. The smallest absolute Gasteiger partial charge is 0.335 e. The Labute approximate surface area is 203 Å². The molecule has 1 saturated heterocycles. The quantitative estimate of drug-likeness (QED) is 0.228. The van der Waals surface area contributed by atoms with E-state index in [1.165, 1.54) is 30.3 Å². The lowest BCUT2D eigenvalue weighted by Gasteiger charge is -2.29. The van der Waals surface area contributed by atoms with Crippen LogP contribution in [0.5, 0.6) is 11.5 Å². The van der Waals surface area contributed by atoms with Gasteiger partial charge in [0.2, 0.25) is 0 Å². The third kappa shape index (κ3) is 4.91. The summed E-state index contributed by atoms with van der Waals surface area (Å²) in [6, 6.07) is 9.10. The minimum absolute atomic E-state index is 0.0661. The average molecular weight is 566 g/mol. The summed E-state index contributed by atoms with van der Waals surface area (Å²) in [5.74, 6) is -1.23. The molecule has 8 nitrogen and oxygen atoms in total. The lowest BCUT2D eigenvalue weighted by molar-refractivity contribution is -0.122. The number of anilines is 1. The summed E-state index contributed by atoms with van der Waals surface area (Å²) in [4.78, 5) is 38.0. The number of carbonyl (C=O) groups excluding carboxylic acids is 2. The number of hydrogen-bond acceptors (Lipinski definition) is 6. The molecule has 0 atom stereocenters. The van der Waals surface area contributed by atoms with Crippen molar-refractivity contribution in [3.05, 3.63) is 56.7 Å². The number of hydrogen-bond donors (Lipinski definition) is 2. The number of carboxylic acid groups (broad SMARTS) is 1. The van der Waals surface area contributed by atoms with Gasteiger partial charge < -0.3 is 14.6 Å². The highest BCUT2D eigenvalue weighted by molar-refractivity contribution is 14.1. The summed E-state index contributed by atoms with van der Waals surface area (Å²) < 4.78 is 12.1. The molecule has 0 saturated carbocycles. The van der Waals surface area contributed by atoms with E-state index >= 15 is 0 Å². The summed E-state index contributed by atoms with van der Waals surface area (Å²) >= 11 is 7.28. The number of rotatable bonds is 7. The van der Waals surface area contributed by atoms with Gasteiger partial charge in [-0.15, -0.1) is 0 Å². The van der Waals surface area contributed by atoms with E-state index in [2.05, 4.69) is 27.9 Å². The van der Waals surface area contributed by atoms with Gasteiger partial charge in [-0.05, 0) is 96.7 Å². The zero-order chi connectivity index (χ0) is 23.4. The van der Waals surface area contributed by atoms with Gasteiger partial charge >= 0.3 is 5.97 Å². The van der Waals surface area contributed by atoms with E-state index in [1.54, 1.807) is 12.1 Å². The first-order valence-corrected chi connectivity index (χ1v) is 11.1. The Kier molecular flexibility index (Phi) is 7.46. The van der Waals surface area contributed by atoms with E-state index in [4.69, 9.17) is 26.8 Å². The fraction of sp³-hybridized carbons (Fsp3) is 0.182. The Morgan fingerprint density at radius 1 is 1.16 bits per heavy atom. The number of benzene rings is 2. The topological polar surface area (TPSA) is 105 Å². The first-order valence-electron chi connectivity index (χ1n) is 9.60. The predicted octanol–water partition coefficient (Wildman–Crippen LogP) is 3.62. The van der Waals surface area contributed by atoms with Crippen LogP contribution in [0.15, 0.2) is 42.0 Å². The molecule has 32 heavy (non-hydrogen) atoms. The molecule has 0 aromatic heterocycles. The Bertz CT molecular complexity index is 1130. The normalized spacial score (nSPS) is 15.0. The van der Waals surface area contributed by atoms with Gasteiger partial charge in [-0.1, -0.05) is 0 Å². The average Bonchev–Trinajstić information content (AvgIpc) is 2.74. The van der Waals surface area contributed by atoms with Crippen molar-refractivity contribution in [1.82, 2.24) is 5.32 Å². The molecule has 1 heterocycles. The van der Waals surface area contributed by atoms with Crippen molar-refractivity contribution in [2.75, 3.05) is 18.1 Å². The van der Waals surface area contributed by atoms with E-state index in [0.717, 1.165) is 8.47 Å². The zero-order valence-electron chi connectivity index (χ0n) is 17.2. The molecule has 1 aliphatic heterocycles. The number of halogens is 1. The van der Waals surface area contributed by atoms with Crippen LogP contribution in [0.25, 0.3) is 6.08 Å². The molecule has 1 aliphatic rings. The molecule has 0 unspecified atom stereocenters. The fourth-order valence-corrected chi connectivity index (χ4v) is 4.09. The van der Waals surface area contributed by atoms with Crippen LogP contribution >= 0.6 is 34.8 Å². The molecule has 0 aliphatic carbocycles. The number of ether oxygens (including phenoxy) is 2. The molecule has 0 radical (unpaired) electrons. The van der Waals surface area contributed by atoms with Gasteiger partial charge in [0.15, 0.2) is 16.6 Å². The number of carbonyl (C=O) groups is 3. The zero-order valence-corrected chi connectivity index (χ0v) is 20.2. The van der Waals surface area contributed by atoms with Crippen molar-refractivity contribution >= 4 is 69.5 Å². The molecule has 1 fully saturated rings. The molecule has 0 bridgehead atoms. The van der Waals surface area contributed by atoms with Crippen LogP contribution in [0.2, 0.25) is 0 Å². The maximum Gasteiger partial charge on any atom is 0.335 e. The van der Waals surface area contributed by atoms with Crippen LogP contribution in [0.4, 0.5) is 5.69 Å². The highest BCUT2D eigenvalue weighted by atomic mass is 127. The van der Waals surface area contributed by atoms with Crippen molar-refractivity contribution in [2.24, 2.45) is 0 Å². The van der Waals surface area contributed by atoms with Gasteiger partial charge in [0.05, 0.1) is 28.0 Å². The molecule has 2 aromatic rings. The third-order valence-corrected chi connectivity index (χ3v) is 5.49. The van der Waals surface area contributed by atoms with Gasteiger partial charge in [-0.2, -0.15) is 0 Å².